The highest BCUT2D eigenvalue weighted by molar-refractivity contribution is 8.28. The van der Waals surface area contributed by atoms with Crippen molar-refractivity contribution in [2.24, 2.45) is 0 Å². The van der Waals surface area contributed by atoms with E-state index in [-0.39, 0.29) is 5.60 Å². The normalized spacial score (nSPS) is 14.8. The molecule has 0 aromatic rings. The Bertz CT molecular complexity index is 130. The maximum Gasteiger partial charge on any atom is 0.0749 e. The lowest BCUT2D eigenvalue weighted by molar-refractivity contribution is 0.127. The lowest BCUT2D eigenvalue weighted by atomic mass is 10.1. The first-order chi connectivity index (χ1) is 5.33. The fourth-order valence-electron chi connectivity index (χ4n) is 1.20. The molecule has 1 nitrogen and oxygen atoms in total. The number of hydrogen-bond acceptors (Lipinski definition) is 1. The highest BCUT2D eigenvalue weighted by Crippen LogP contribution is 2.46. The van der Waals surface area contributed by atoms with Crippen molar-refractivity contribution in [1.29, 1.82) is 0 Å². The third-order valence-corrected chi connectivity index (χ3v) is 4.29. The monoisotopic (exact) mass is 192 g/mol. The average Bonchev–Trinajstić information content (AvgIpc) is 1.85. The maximum absolute atomic E-state index is 6.10. The Kier molecular flexibility index (Phi) is 4.64. The fraction of sp³-hybridized carbons (Fsp3) is 1.00. The van der Waals surface area contributed by atoms with E-state index in [2.05, 4.69) is 40.2 Å². The first kappa shape index (κ1) is 12.3. The molecule has 0 saturated carbocycles. The summed E-state index contributed by atoms with van der Waals surface area (Å²) in [5.41, 5.74) is 0.0635. The predicted molar refractivity (Wildman–Crippen MR) is 60.1 cm³/mol. The molecule has 0 unspecified atom stereocenters. The van der Waals surface area contributed by atoms with Crippen LogP contribution < -0.4 is 0 Å². The highest BCUT2D eigenvalue weighted by atomic mass is 32.3. The van der Waals surface area contributed by atoms with Crippen LogP contribution in [-0.4, -0.2) is 23.9 Å². The van der Waals surface area contributed by atoms with E-state index in [1.54, 1.807) is 0 Å². The van der Waals surface area contributed by atoms with Gasteiger partial charge in [-0.05, 0) is 45.0 Å². The van der Waals surface area contributed by atoms with E-state index in [1.807, 2.05) is 0 Å². The summed E-state index contributed by atoms with van der Waals surface area (Å²) < 4.78 is 6.10. The summed E-state index contributed by atoms with van der Waals surface area (Å²) in [6.07, 6.45) is 6.83. The van der Waals surface area contributed by atoms with Gasteiger partial charge in [-0.25, -0.2) is 0 Å². The number of rotatable bonds is 5. The molecular formula is C10H24OS. The minimum Gasteiger partial charge on any atom is -0.331 e. The molecule has 2 heteroatoms. The van der Waals surface area contributed by atoms with Crippen molar-refractivity contribution in [3.05, 3.63) is 0 Å². The van der Waals surface area contributed by atoms with Gasteiger partial charge in [-0.2, -0.15) is 0 Å². The van der Waals surface area contributed by atoms with Crippen molar-refractivity contribution in [2.75, 3.05) is 18.3 Å². The van der Waals surface area contributed by atoms with Gasteiger partial charge < -0.3 is 4.18 Å². The Morgan fingerprint density at radius 3 is 2.00 bits per heavy atom. The van der Waals surface area contributed by atoms with Crippen molar-refractivity contribution in [1.82, 2.24) is 0 Å². The van der Waals surface area contributed by atoms with E-state index in [0.717, 1.165) is 6.42 Å². The van der Waals surface area contributed by atoms with Crippen molar-refractivity contribution >= 4 is 10.3 Å². The van der Waals surface area contributed by atoms with Crippen molar-refractivity contribution in [2.45, 2.75) is 46.1 Å². The van der Waals surface area contributed by atoms with E-state index in [0.29, 0.717) is 0 Å². The van der Waals surface area contributed by atoms with E-state index >= 15 is 0 Å². The third kappa shape index (κ3) is 5.04. The Morgan fingerprint density at radius 1 is 1.17 bits per heavy atom. The molecular weight excluding hydrogens is 168 g/mol. The zero-order valence-corrected chi connectivity index (χ0v) is 10.3. The fourth-order valence-corrected chi connectivity index (χ4v) is 3.61. The van der Waals surface area contributed by atoms with Gasteiger partial charge in [0, 0.05) is 0 Å². The molecule has 0 fully saturated rings. The second-order valence-corrected chi connectivity index (χ2v) is 7.79. The van der Waals surface area contributed by atoms with Crippen molar-refractivity contribution < 1.29 is 4.18 Å². The van der Waals surface area contributed by atoms with Crippen molar-refractivity contribution in [3.8, 4) is 0 Å². The van der Waals surface area contributed by atoms with Crippen LogP contribution in [0.4, 0.5) is 0 Å². The molecule has 0 aromatic carbocycles. The van der Waals surface area contributed by atoms with Gasteiger partial charge in [0.2, 0.25) is 0 Å². The van der Waals surface area contributed by atoms with Gasteiger partial charge in [0.05, 0.1) is 5.60 Å². The smallest absolute Gasteiger partial charge is 0.0749 e. The van der Waals surface area contributed by atoms with Gasteiger partial charge in [-0.3, -0.25) is 0 Å². The summed E-state index contributed by atoms with van der Waals surface area (Å²) >= 11 is 0. The van der Waals surface area contributed by atoms with Gasteiger partial charge in [-0.15, -0.1) is 10.3 Å². The lowest BCUT2D eigenvalue weighted by Gasteiger charge is -2.39. The summed E-state index contributed by atoms with van der Waals surface area (Å²) in [7, 11) is -0.801. The van der Waals surface area contributed by atoms with E-state index in [1.165, 1.54) is 12.2 Å². The molecule has 0 saturated heterocycles. The van der Waals surface area contributed by atoms with Crippen molar-refractivity contribution in [3.63, 3.8) is 0 Å². The Balaban J connectivity index is 4.04. The molecule has 76 valence electrons. The Hall–Kier alpha value is 0.310. The summed E-state index contributed by atoms with van der Waals surface area (Å²) in [4.78, 5) is 0. The number of hydrogen-bond donors (Lipinski definition) is 0. The Morgan fingerprint density at radius 2 is 1.67 bits per heavy atom. The summed E-state index contributed by atoms with van der Waals surface area (Å²) in [5, 5.41) is 0. The molecule has 12 heavy (non-hydrogen) atoms. The minimum absolute atomic E-state index is 0.0635. The molecule has 0 aliphatic heterocycles. The van der Waals surface area contributed by atoms with E-state index in [9.17, 15) is 0 Å². The largest absolute Gasteiger partial charge is 0.331 e. The third-order valence-electron chi connectivity index (χ3n) is 2.00. The standard InChI is InChI=1S/C10H24OS/c1-7-9-12(5,6)11-10(3,4)8-2/h7-9H2,1-6H3. The molecule has 0 aliphatic carbocycles. The second-order valence-electron chi connectivity index (χ2n) is 4.34. The van der Waals surface area contributed by atoms with Crippen LogP contribution in [0.2, 0.25) is 0 Å². The molecule has 0 spiro atoms. The van der Waals surface area contributed by atoms with Crippen LogP contribution in [0.5, 0.6) is 0 Å². The molecule has 0 bridgehead atoms. The second kappa shape index (κ2) is 4.52. The molecule has 0 aromatic heterocycles. The average molecular weight is 192 g/mol. The molecule has 0 aliphatic rings. The molecule has 0 N–H and O–H groups in total. The Labute approximate surface area is 79.4 Å². The zero-order chi connectivity index (χ0) is 9.83. The van der Waals surface area contributed by atoms with Gasteiger partial charge in [0.1, 0.15) is 0 Å². The molecule has 0 amide bonds. The summed E-state index contributed by atoms with van der Waals surface area (Å²) in [6.45, 7) is 8.76. The first-order valence-electron chi connectivity index (χ1n) is 4.74. The topological polar surface area (TPSA) is 9.23 Å². The van der Waals surface area contributed by atoms with Gasteiger partial charge in [0.15, 0.2) is 0 Å². The minimum atomic E-state index is -0.801. The van der Waals surface area contributed by atoms with Gasteiger partial charge in [-0.1, -0.05) is 13.8 Å². The SMILES string of the molecule is CCCS(C)(C)OC(C)(C)CC. The van der Waals surface area contributed by atoms with Crippen LogP contribution >= 0.6 is 10.3 Å². The van der Waals surface area contributed by atoms with E-state index in [4.69, 9.17) is 4.18 Å². The van der Waals surface area contributed by atoms with Gasteiger partial charge >= 0.3 is 0 Å². The van der Waals surface area contributed by atoms with E-state index < -0.39 is 10.3 Å². The lowest BCUT2D eigenvalue weighted by Crippen LogP contribution is -2.25. The summed E-state index contributed by atoms with van der Waals surface area (Å²) in [6, 6.07) is 0. The molecule has 0 atom stereocenters. The zero-order valence-electron chi connectivity index (χ0n) is 9.44. The highest BCUT2D eigenvalue weighted by Gasteiger charge is 2.23. The quantitative estimate of drug-likeness (QED) is 0.647. The van der Waals surface area contributed by atoms with Crippen LogP contribution in [0.15, 0.2) is 0 Å². The van der Waals surface area contributed by atoms with Crippen LogP contribution in [-0.2, 0) is 4.18 Å². The van der Waals surface area contributed by atoms with Crippen LogP contribution in [0.25, 0.3) is 0 Å². The predicted octanol–water partition coefficient (Wildman–Crippen LogP) is 3.58. The maximum atomic E-state index is 6.10. The van der Waals surface area contributed by atoms with Crippen LogP contribution in [0, 0.1) is 0 Å². The first-order valence-corrected chi connectivity index (χ1v) is 7.29. The van der Waals surface area contributed by atoms with Gasteiger partial charge in [0.25, 0.3) is 0 Å². The van der Waals surface area contributed by atoms with Crippen LogP contribution in [0.1, 0.15) is 40.5 Å². The summed E-state index contributed by atoms with van der Waals surface area (Å²) in [5.74, 6) is 1.22. The molecule has 0 heterocycles. The molecule has 0 radical (unpaired) electrons. The molecule has 0 rings (SSSR count). The van der Waals surface area contributed by atoms with Crippen LogP contribution in [0.3, 0.4) is 0 Å².